The highest BCUT2D eigenvalue weighted by Gasteiger charge is 2.13. The average Bonchev–Trinajstić information content (AvgIpc) is 2.81. The van der Waals surface area contributed by atoms with Gasteiger partial charge < -0.3 is 9.64 Å². The van der Waals surface area contributed by atoms with E-state index in [2.05, 4.69) is 23.1 Å². The van der Waals surface area contributed by atoms with Crippen LogP contribution >= 0.6 is 0 Å². The molecule has 0 saturated heterocycles. The first-order chi connectivity index (χ1) is 7.35. The number of rotatable bonds is 2. The molecule has 0 radical (unpaired) electrons. The van der Waals surface area contributed by atoms with Crippen LogP contribution in [0.3, 0.4) is 0 Å². The van der Waals surface area contributed by atoms with Crippen molar-refractivity contribution >= 4 is 5.69 Å². The van der Waals surface area contributed by atoms with Crippen LogP contribution in [0.25, 0.3) is 0 Å². The molecule has 0 spiro atoms. The first-order valence-electron chi connectivity index (χ1n) is 4.83. The molecule has 3 heteroatoms. The van der Waals surface area contributed by atoms with Crippen molar-refractivity contribution in [3.8, 4) is 11.8 Å². The Morgan fingerprint density at radius 1 is 1.33 bits per heavy atom. The summed E-state index contributed by atoms with van der Waals surface area (Å²) in [6.07, 6.45) is 4.25. The van der Waals surface area contributed by atoms with E-state index >= 15 is 0 Å². The standard InChI is InChI=1S/C12H12N2O/c1-15-12-8-10(9-13)4-5-11(12)14-6-2-3-7-14/h2-5,8H,6-7H2,1H3. The van der Waals surface area contributed by atoms with Crippen molar-refractivity contribution in [2.75, 3.05) is 25.1 Å². The van der Waals surface area contributed by atoms with Crippen molar-refractivity contribution in [1.29, 1.82) is 5.26 Å². The third-order valence-corrected chi connectivity index (χ3v) is 2.47. The zero-order valence-corrected chi connectivity index (χ0v) is 8.60. The Morgan fingerprint density at radius 2 is 2.07 bits per heavy atom. The topological polar surface area (TPSA) is 36.3 Å². The monoisotopic (exact) mass is 200 g/mol. The van der Waals surface area contributed by atoms with Crippen molar-refractivity contribution in [2.45, 2.75) is 0 Å². The summed E-state index contributed by atoms with van der Waals surface area (Å²) >= 11 is 0. The highest BCUT2D eigenvalue weighted by Crippen LogP contribution is 2.30. The quantitative estimate of drug-likeness (QED) is 0.684. The van der Waals surface area contributed by atoms with Crippen molar-refractivity contribution in [1.82, 2.24) is 0 Å². The van der Waals surface area contributed by atoms with E-state index in [9.17, 15) is 0 Å². The first kappa shape index (κ1) is 9.60. The van der Waals surface area contributed by atoms with Crippen molar-refractivity contribution in [3.63, 3.8) is 0 Å². The molecule has 0 amide bonds. The second-order valence-electron chi connectivity index (χ2n) is 3.37. The molecular formula is C12H12N2O. The number of benzene rings is 1. The minimum absolute atomic E-state index is 0.628. The van der Waals surface area contributed by atoms with E-state index in [1.54, 1.807) is 13.2 Å². The van der Waals surface area contributed by atoms with Gasteiger partial charge in [-0.3, -0.25) is 0 Å². The normalized spacial score (nSPS) is 14.0. The van der Waals surface area contributed by atoms with Crippen LogP contribution < -0.4 is 9.64 Å². The van der Waals surface area contributed by atoms with Crippen LogP contribution in [0.4, 0.5) is 5.69 Å². The molecule has 0 unspecified atom stereocenters. The van der Waals surface area contributed by atoms with Crippen LogP contribution in [0.5, 0.6) is 5.75 Å². The molecule has 0 N–H and O–H groups in total. The molecule has 0 bridgehead atoms. The molecule has 3 nitrogen and oxygen atoms in total. The largest absolute Gasteiger partial charge is 0.495 e. The van der Waals surface area contributed by atoms with Crippen molar-refractivity contribution in [2.24, 2.45) is 0 Å². The fourth-order valence-corrected chi connectivity index (χ4v) is 1.68. The van der Waals surface area contributed by atoms with E-state index in [0.29, 0.717) is 5.56 Å². The third-order valence-electron chi connectivity index (χ3n) is 2.47. The molecule has 0 fully saturated rings. The van der Waals surface area contributed by atoms with Crippen LogP contribution in [0, 0.1) is 11.3 Å². The number of nitriles is 1. The first-order valence-corrected chi connectivity index (χ1v) is 4.83. The fourth-order valence-electron chi connectivity index (χ4n) is 1.68. The second kappa shape index (κ2) is 4.05. The van der Waals surface area contributed by atoms with Gasteiger partial charge in [0.15, 0.2) is 0 Å². The van der Waals surface area contributed by atoms with Crippen LogP contribution in [-0.2, 0) is 0 Å². The van der Waals surface area contributed by atoms with Gasteiger partial charge in [-0.1, -0.05) is 12.2 Å². The molecule has 0 saturated carbocycles. The summed E-state index contributed by atoms with van der Waals surface area (Å²) in [4.78, 5) is 2.19. The Morgan fingerprint density at radius 3 is 2.67 bits per heavy atom. The lowest BCUT2D eigenvalue weighted by Gasteiger charge is -2.20. The molecule has 2 rings (SSSR count). The molecule has 76 valence electrons. The highest BCUT2D eigenvalue weighted by atomic mass is 16.5. The number of ether oxygens (including phenoxy) is 1. The van der Waals surface area contributed by atoms with Gasteiger partial charge in [-0.15, -0.1) is 0 Å². The summed E-state index contributed by atoms with van der Waals surface area (Å²) in [7, 11) is 1.63. The molecule has 1 aliphatic rings. The van der Waals surface area contributed by atoms with E-state index in [0.717, 1.165) is 24.5 Å². The van der Waals surface area contributed by atoms with E-state index in [1.807, 2.05) is 12.1 Å². The molecule has 0 aliphatic carbocycles. The number of hydrogen-bond donors (Lipinski definition) is 0. The summed E-state index contributed by atoms with van der Waals surface area (Å²) in [5.41, 5.74) is 1.67. The Labute approximate surface area is 89.2 Å². The number of methoxy groups -OCH3 is 1. The van der Waals surface area contributed by atoms with Crippen LogP contribution in [0.1, 0.15) is 5.56 Å². The Hall–Kier alpha value is -1.95. The van der Waals surface area contributed by atoms with Crippen molar-refractivity contribution < 1.29 is 4.74 Å². The minimum Gasteiger partial charge on any atom is -0.495 e. The summed E-state index contributed by atoms with van der Waals surface area (Å²) in [5, 5.41) is 8.78. The Bertz CT molecular complexity index is 424. The second-order valence-corrected chi connectivity index (χ2v) is 3.37. The lowest BCUT2D eigenvalue weighted by Crippen LogP contribution is -2.19. The van der Waals surface area contributed by atoms with E-state index in [-0.39, 0.29) is 0 Å². The summed E-state index contributed by atoms with van der Waals surface area (Å²) in [6.45, 7) is 1.81. The average molecular weight is 200 g/mol. The van der Waals surface area contributed by atoms with Gasteiger partial charge in [0.25, 0.3) is 0 Å². The van der Waals surface area contributed by atoms with E-state index in [1.165, 1.54) is 0 Å². The van der Waals surface area contributed by atoms with Gasteiger partial charge in [0.1, 0.15) is 5.75 Å². The number of anilines is 1. The molecule has 0 atom stereocenters. The highest BCUT2D eigenvalue weighted by molar-refractivity contribution is 5.62. The van der Waals surface area contributed by atoms with Gasteiger partial charge in [0.05, 0.1) is 24.4 Å². The maximum Gasteiger partial charge on any atom is 0.143 e. The van der Waals surface area contributed by atoms with Crippen LogP contribution in [-0.4, -0.2) is 20.2 Å². The maximum absolute atomic E-state index is 8.78. The Kier molecular flexibility index (Phi) is 2.59. The minimum atomic E-state index is 0.628. The number of nitrogens with zero attached hydrogens (tertiary/aromatic N) is 2. The SMILES string of the molecule is COc1cc(C#N)ccc1N1CC=CC1. The van der Waals surface area contributed by atoms with Crippen LogP contribution in [0.2, 0.25) is 0 Å². The predicted molar refractivity (Wildman–Crippen MR) is 59.1 cm³/mol. The molecule has 0 aromatic heterocycles. The zero-order chi connectivity index (χ0) is 10.7. The molecule has 1 aromatic rings. The molecule has 1 heterocycles. The van der Waals surface area contributed by atoms with Gasteiger partial charge in [-0.25, -0.2) is 0 Å². The van der Waals surface area contributed by atoms with Crippen LogP contribution in [0.15, 0.2) is 30.4 Å². The fraction of sp³-hybridized carbons (Fsp3) is 0.250. The van der Waals surface area contributed by atoms with Gasteiger partial charge in [-0.2, -0.15) is 5.26 Å². The lowest BCUT2D eigenvalue weighted by atomic mass is 10.2. The van der Waals surface area contributed by atoms with E-state index < -0.39 is 0 Å². The summed E-state index contributed by atoms with van der Waals surface area (Å²) < 4.78 is 5.28. The van der Waals surface area contributed by atoms with Crippen molar-refractivity contribution in [3.05, 3.63) is 35.9 Å². The number of hydrogen-bond acceptors (Lipinski definition) is 3. The van der Waals surface area contributed by atoms with Gasteiger partial charge in [0.2, 0.25) is 0 Å². The van der Waals surface area contributed by atoms with Gasteiger partial charge in [0, 0.05) is 19.2 Å². The van der Waals surface area contributed by atoms with Gasteiger partial charge >= 0.3 is 0 Å². The Balaban J connectivity index is 2.35. The predicted octanol–water partition coefficient (Wildman–Crippen LogP) is 1.94. The molecular weight excluding hydrogens is 188 g/mol. The zero-order valence-electron chi connectivity index (χ0n) is 8.60. The summed E-state index contributed by atoms with van der Waals surface area (Å²) in [6, 6.07) is 7.63. The van der Waals surface area contributed by atoms with Gasteiger partial charge in [-0.05, 0) is 12.1 Å². The molecule has 1 aliphatic heterocycles. The van der Waals surface area contributed by atoms with E-state index in [4.69, 9.17) is 10.00 Å². The summed E-state index contributed by atoms with van der Waals surface area (Å²) in [5.74, 6) is 0.762. The molecule has 1 aromatic carbocycles. The lowest BCUT2D eigenvalue weighted by molar-refractivity contribution is 0.415. The smallest absolute Gasteiger partial charge is 0.143 e. The maximum atomic E-state index is 8.78. The third kappa shape index (κ3) is 1.79. The molecule has 15 heavy (non-hydrogen) atoms.